The molecule has 0 heterocycles. The minimum atomic E-state index is 0.663. The first-order valence-electron chi connectivity index (χ1n) is 7.61. The molecule has 0 spiro atoms. The van der Waals surface area contributed by atoms with Gasteiger partial charge in [0.05, 0.1) is 0 Å². The summed E-state index contributed by atoms with van der Waals surface area (Å²) < 4.78 is 0. The predicted octanol–water partition coefficient (Wildman–Crippen LogP) is 3.28. The van der Waals surface area contributed by atoms with Crippen molar-refractivity contribution in [3.63, 3.8) is 0 Å². The Morgan fingerprint density at radius 1 is 1.18 bits per heavy atom. The molecule has 1 unspecified atom stereocenters. The standard InChI is InChI=1S/C15H32N2/c1-5-16-14(4)10-11-17(12-13(2)3)15-8-6-7-9-15/h13-16H,5-12H2,1-4H3. The van der Waals surface area contributed by atoms with Crippen LogP contribution in [0.25, 0.3) is 0 Å². The van der Waals surface area contributed by atoms with Crippen molar-refractivity contribution in [2.45, 2.75) is 71.9 Å². The largest absolute Gasteiger partial charge is 0.314 e. The molecule has 1 aliphatic carbocycles. The normalized spacial score (nSPS) is 19.4. The Hall–Kier alpha value is -0.0800. The third-order valence-corrected chi connectivity index (χ3v) is 3.84. The van der Waals surface area contributed by atoms with Crippen LogP contribution in [0.5, 0.6) is 0 Å². The summed E-state index contributed by atoms with van der Waals surface area (Å²) in [5, 5.41) is 3.52. The van der Waals surface area contributed by atoms with Crippen LogP contribution < -0.4 is 5.32 Å². The van der Waals surface area contributed by atoms with Crippen molar-refractivity contribution in [3.8, 4) is 0 Å². The first kappa shape index (κ1) is 15.0. The fraction of sp³-hybridized carbons (Fsp3) is 1.00. The van der Waals surface area contributed by atoms with Crippen molar-refractivity contribution in [1.29, 1.82) is 0 Å². The van der Waals surface area contributed by atoms with Crippen molar-refractivity contribution in [2.24, 2.45) is 5.92 Å². The molecular weight excluding hydrogens is 208 g/mol. The summed E-state index contributed by atoms with van der Waals surface area (Å²) in [5.41, 5.74) is 0. The van der Waals surface area contributed by atoms with Gasteiger partial charge in [0, 0.05) is 18.6 Å². The maximum atomic E-state index is 3.52. The molecule has 2 nitrogen and oxygen atoms in total. The van der Waals surface area contributed by atoms with E-state index in [-0.39, 0.29) is 0 Å². The Labute approximate surface area is 108 Å². The van der Waals surface area contributed by atoms with Gasteiger partial charge in [-0.15, -0.1) is 0 Å². The lowest BCUT2D eigenvalue weighted by Gasteiger charge is -2.31. The first-order chi connectivity index (χ1) is 8.13. The van der Waals surface area contributed by atoms with Crippen LogP contribution in [0.3, 0.4) is 0 Å². The van der Waals surface area contributed by atoms with E-state index < -0.39 is 0 Å². The molecule has 0 aromatic carbocycles. The van der Waals surface area contributed by atoms with Crippen LogP contribution in [-0.2, 0) is 0 Å². The van der Waals surface area contributed by atoms with Gasteiger partial charge >= 0.3 is 0 Å². The summed E-state index contributed by atoms with van der Waals surface area (Å²) in [6.45, 7) is 12.8. The van der Waals surface area contributed by atoms with Crippen LogP contribution in [0.1, 0.15) is 59.8 Å². The molecule has 0 amide bonds. The van der Waals surface area contributed by atoms with Gasteiger partial charge in [0.2, 0.25) is 0 Å². The topological polar surface area (TPSA) is 15.3 Å². The van der Waals surface area contributed by atoms with Crippen LogP contribution in [0.4, 0.5) is 0 Å². The zero-order valence-corrected chi connectivity index (χ0v) is 12.3. The van der Waals surface area contributed by atoms with Gasteiger partial charge in [-0.25, -0.2) is 0 Å². The Bertz CT molecular complexity index is 185. The average molecular weight is 240 g/mol. The molecule has 0 aromatic heterocycles. The van der Waals surface area contributed by atoms with E-state index in [2.05, 4.69) is 37.9 Å². The molecule has 0 bridgehead atoms. The molecule has 1 saturated carbocycles. The van der Waals surface area contributed by atoms with Crippen LogP contribution in [0, 0.1) is 5.92 Å². The van der Waals surface area contributed by atoms with Gasteiger partial charge in [-0.3, -0.25) is 0 Å². The van der Waals surface area contributed by atoms with E-state index in [1.807, 2.05) is 0 Å². The van der Waals surface area contributed by atoms with Gasteiger partial charge < -0.3 is 10.2 Å². The van der Waals surface area contributed by atoms with E-state index in [4.69, 9.17) is 0 Å². The molecule has 0 saturated heterocycles. The fourth-order valence-electron chi connectivity index (χ4n) is 2.97. The van der Waals surface area contributed by atoms with Crippen LogP contribution in [0.2, 0.25) is 0 Å². The Kier molecular flexibility index (Phi) is 7.14. The molecule has 1 rings (SSSR count). The monoisotopic (exact) mass is 240 g/mol. The van der Waals surface area contributed by atoms with Gasteiger partial charge in [-0.05, 0) is 45.2 Å². The molecule has 0 radical (unpaired) electrons. The van der Waals surface area contributed by atoms with Crippen molar-refractivity contribution in [1.82, 2.24) is 10.2 Å². The number of rotatable bonds is 8. The maximum absolute atomic E-state index is 3.52. The average Bonchev–Trinajstić information content (AvgIpc) is 2.77. The summed E-state index contributed by atoms with van der Waals surface area (Å²) in [5.74, 6) is 0.796. The minimum absolute atomic E-state index is 0.663. The third kappa shape index (κ3) is 5.87. The summed E-state index contributed by atoms with van der Waals surface area (Å²) in [6.07, 6.45) is 7.05. The Morgan fingerprint density at radius 3 is 2.35 bits per heavy atom. The molecule has 1 N–H and O–H groups in total. The highest BCUT2D eigenvalue weighted by Gasteiger charge is 2.23. The van der Waals surface area contributed by atoms with E-state index in [0.29, 0.717) is 6.04 Å². The highest BCUT2D eigenvalue weighted by atomic mass is 15.2. The molecule has 0 aliphatic heterocycles. The number of hydrogen-bond donors (Lipinski definition) is 1. The highest BCUT2D eigenvalue weighted by molar-refractivity contribution is 4.79. The van der Waals surface area contributed by atoms with Crippen molar-refractivity contribution in [2.75, 3.05) is 19.6 Å². The second-order valence-electron chi connectivity index (χ2n) is 6.07. The zero-order chi connectivity index (χ0) is 12.7. The highest BCUT2D eigenvalue weighted by Crippen LogP contribution is 2.24. The zero-order valence-electron chi connectivity index (χ0n) is 12.3. The van der Waals surface area contributed by atoms with Crippen LogP contribution in [-0.4, -0.2) is 36.6 Å². The number of nitrogens with one attached hydrogen (secondary N) is 1. The van der Waals surface area contributed by atoms with E-state index in [1.165, 1.54) is 45.2 Å². The Balaban J connectivity index is 2.34. The van der Waals surface area contributed by atoms with Gasteiger partial charge in [-0.1, -0.05) is 33.6 Å². The molecule has 2 heteroatoms. The van der Waals surface area contributed by atoms with Gasteiger partial charge in [0.25, 0.3) is 0 Å². The lowest BCUT2D eigenvalue weighted by Crippen LogP contribution is -2.39. The lowest BCUT2D eigenvalue weighted by molar-refractivity contribution is 0.169. The van der Waals surface area contributed by atoms with E-state index in [0.717, 1.165) is 18.5 Å². The van der Waals surface area contributed by atoms with Gasteiger partial charge in [-0.2, -0.15) is 0 Å². The molecule has 1 atom stereocenters. The summed E-state index contributed by atoms with van der Waals surface area (Å²) in [4.78, 5) is 2.76. The Morgan fingerprint density at radius 2 is 1.82 bits per heavy atom. The fourth-order valence-corrected chi connectivity index (χ4v) is 2.97. The maximum Gasteiger partial charge on any atom is 0.00953 e. The van der Waals surface area contributed by atoms with Crippen molar-refractivity contribution < 1.29 is 0 Å². The molecule has 17 heavy (non-hydrogen) atoms. The summed E-state index contributed by atoms with van der Waals surface area (Å²) in [6, 6.07) is 1.54. The van der Waals surface area contributed by atoms with E-state index in [1.54, 1.807) is 0 Å². The molecule has 1 fully saturated rings. The molecule has 1 aliphatic rings. The SMILES string of the molecule is CCNC(C)CCN(CC(C)C)C1CCCC1. The van der Waals surface area contributed by atoms with E-state index >= 15 is 0 Å². The van der Waals surface area contributed by atoms with Gasteiger partial charge in [0.15, 0.2) is 0 Å². The van der Waals surface area contributed by atoms with E-state index in [9.17, 15) is 0 Å². The minimum Gasteiger partial charge on any atom is -0.314 e. The quantitative estimate of drug-likeness (QED) is 0.700. The second kappa shape index (κ2) is 8.10. The second-order valence-corrected chi connectivity index (χ2v) is 6.07. The summed E-state index contributed by atoms with van der Waals surface area (Å²) >= 11 is 0. The summed E-state index contributed by atoms with van der Waals surface area (Å²) in [7, 11) is 0. The van der Waals surface area contributed by atoms with Crippen molar-refractivity contribution in [3.05, 3.63) is 0 Å². The molecule has 0 aromatic rings. The van der Waals surface area contributed by atoms with Gasteiger partial charge in [0.1, 0.15) is 0 Å². The third-order valence-electron chi connectivity index (χ3n) is 3.84. The number of nitrogens with zero attached hydrogens (tertiary/aromatic N) is 1. The van der Waals surface area contributed by atoms with Crippen molar-refractivity contribution >= 4 is 0 Å². The molecule has 102 valence electrons. The smallest absolute Gasteiger partial charge is 0.00953 e. The lowest BCUT2D eigenvalue weighted by atomic mass is 10.1. The van der Waals surface area contributed by atoms with Crippen LogP contribution in [0.15, 0.2) is 0 Å². The predicted molar refractivity (Wildman–Crippen MR) is 76.4 cm³/mol. The first-order valence-corrected chi connectivity index (χ1v) is 7.61. The van der Waals surface area contributed by atoms with Crippen LogP contribution >= 0.6 is 0 Å². The number of hydrogen-bond acceptors (Lipinski definition) is 2. The molecular formula is C15H32N2.